The fraction of sp³-hybridized carbons (Fsp3) is 0.0851. The quantitative estimate of drug-likeness (QED) is 0.126. The topological polar surface area (TPSA) is 14.2 Å². The number of fused-ring (bicyclic) bond motifs is 6. The van der Waals surface area contributed by atoms with E-state index < -0.39 is 23.5 Å². The summed E-state index contributed by atoms with van der Waals surface area (Å²) >= 11 is 0. The van der Waals surface area contributed by atoms with E-state index in [0.29, 0.717) is 22.5 Å². The van der Waals surface area contributed by atoms with Gasteiger partial charge in [-0.15, -0.1) is 0 Å². The molecule has 0 bridgehead atoms. The lowest BCUT2D eigenvalue weighted by atomic mass is 9.89. The number of aromatic nitrogens is 2. The number of hydrogen-bond donors (Lipinski definition) is 0. The lowest BCUT2D eigenvalue weighted by Gasteiger charge is -2.23. The number of hydrogen-bond acceptors (Lipinski definition) is 0. The van der Waals surface area contributed by atoms with E-state index in [2.05, 4.69) is 17.0 Å². The number of nitrogens with zero attached hydrogens (tertiary/aromatic N) is 3. The standard InChI is InChI=1S/C47H29F6N3/c1-27-18-20-40-35(22-27)33-10-4-6-14-38(33)55(40)42-16-8-12-32(29-24-30(46(48,49)50)26-31(25-29)47(51,52)53)44(42)45-37(54-3)13-9-17-43(45)56-39-15-7-5-11-34(39)36-23-28(2)19-21-41(36)56/h4-26H,1-2H3. The molecule has 0 saturated carbocycles. The zero-order chi connectivity index (χ0) is 39.1. The largest absolute Gasteiger partial charge is 0.416 e. The number of alkyl halides is 6. The summed E-state index contributed by atoms with van der Waals surface area (Å²) in [7, 11) is 0. The third-order valence-corrected chi connectivity index (χ3v) is 10.5. The van der Waals surface area contributed by atoms with Crippen LogP contribution in [0.2, 0.25) is 0 Å². The van der Waals surface area contributed by atoms with E-state index >= 15 is 0 Å². The Hall–Kier alpha value is -6.79. The summed E-state index contributed by atoms with van der Waals surface area (Å²) in [5.74, 6) is 0. The molecule has 274 valence electrons. The van der Waals surface area contributed by atoms with Gasteiger partial charge in [0.1, 0.15) is 0 Å². The second-order valence-electron chi connectivity index (χ2n) is 14.0. The van der Waals surface area contributed by atoms with Crippen molar-refractivity contribution >= 4 is 49.3 Å². The molecule has 0 amide bonds. The Morgan fingerprint density at radius 2 is 0.929 bits per heavy atom. The predicted molar refractivity (Wildman–Crippen MR) is 212 cm³/mol. The van der Waals surface area contributed by atoms with Crippen LogP contribution in [0.25, 0.3) is 82.1 Å². The second kappa shape index (κ2) is 12.6. The summed E-state index contributed by atoms with van der Waals surface area (Å²) in [5.41, 5.74) is 4.09. The van der Waals surface area contributed by atoms with Crippen LogP contribution < -0.4 is 0 Å². The minimum atomic E-state index is -5.07. The molecule has 0 fully saturated rings. The van der Waals surface area contributed by atoms with Crippen LogP contribution in [0.5, 0.6) is 0 Å². The lowest BCUT2D eigenvalue weighted by molar-refractivity contribution is -0.143. The molecule has 0 aliphatic rings. The minimum Gasteiger partial charge on any atom is -0.310 e. The molecule has 0 N–H and O–H groups in total. The van der Waals surface area contributed by atoms with Gasteiger partial charge in [-0.3, -0.25) is 0 Å². The normalized spacial score (nSPS) is 12.3. The summed E-state index contributed by atoms with van der Waals surface area (Å²) in [6, 6.07) is 39.4. The number of rotatable bonds is 4. The SMILES string of the molecule is [C-]#[N+]c1cccc(-n2c3ccccc3c3cc(C)ccc32)c1-c1c(-c2cc(C(F)(F)F)cc(C(F)(F)F)c2)cccc1-n1c2ccccc2c2cc(C)ccc21. The van der Waals surface area contributed by atoms with Gasteiger partial charge in [-0.2, -0.15) is 26.3 Å². The molecule has 56 heavy (non-hydrogen) atoms. The van der Waals surface area contributed by atoms with Gasteiger partial charge < -0.3 is 9.13 Å². The number of benzene rings is 7. The minimum absolute atomic E-state index is 0.103. The first-order chi connectivity index (χ1) is 26.8. The van der Waals surface area contributed by atoms with E-state index in [1.54, 1.807) is 18.2 Å². The Kier molecular flexibility index (Phi) is 7.89. The Labute approximate surface area is 317 Å². The van der Waals surface area contributed by atoms with Crippen molar-refractivity contribution in [3.05, 3.63) is 173 Å². The van der Waals surface area contributed by atoms with Crippen molar-refractivity contribution in [2.24, 2.45) is 0 Å². The highest BCUT2D eigenvalue weighted by Gasteiger charge is 2.37. The van der Waals surface area contributed by atoms with Crippen molar-refractivity contribution in [2.75, 3.05) is 0 Å². The van der Waals surface area contributed by atoms with Gasteiger partial charge in [0.05, 0.1) is 45.5 Å². The van der Waals surface area contributed by atoms with Gasteiger partial charge in [0.2, 0.25) is 0 Å². The smallest absolute Gasteiger partial charge is 0.310 e. The summed E-state index contributed by atoms with van der Waals surface area (Å²) in [6.45, 7) is 12.4. The fourth-order valence-electron chi connectivity index (χ4n) is 8.10. The average molecular weight is 750 g/mol. The second-order valence-corrected chi connectivity index (χ2v) is 14.0. The Morgan fingerprint density at radius 1 is 0.464 bits per heavy atom. The molecular weight excluding hydrogens is 721 g/mol. The molecular formula is C47H29F6N3. The molecule has 2 heterocycles. The highest BCUT2D eigenvalue weighted by atomic mass is 19.4. The molecule has 0 aliphatic carbocycles. The zero-order valence-corrected chi connectivity index (χ0v) is 29.9. The van der Waals surface area contributed by atoms with Crippen molar-refractivity contribution in [3.63, 3.8) is 0 Å². The maximum Gasteiger partial charge on any atom is 0.416 e. The van der Waals surface area contributed by atoms with Gasteiger partial charge in [-0.25, -0.2) is 4.85 Å². The molecule has 0 aliphatic heterocycles. The van der Waals surface area contributed by atoms with Crippen molar-refractivity contribution in [1.82, 2.24) is 9.13 Å². The predicted octanol–water partition coefficient (Wildman–Crippen LogP) is 14.4. The van der Waals surface area contributed by atoms with Crippen molar-refractivity contribution in [2.45, 2.75) is 26.2 Å². The molecule has 0 saturated heterocycles. The first kappa shape index (κ1) is 34.9. The van der Waals surface area contributed by atoms with Crippen LogP contribution >= 0.6 is 0 Å². The molecule has 0 spiro atoms. The molecule has 0 unspecified atom stereocenters. The number of aryl methyl sites for hydroxylation is 2. The van der Waals surface area contributed by atoms with Crippen LogP contribution in [0.15, 0.2) is 140 Å². The maximum atomic E-state index is 14.4. The first-order valence-corrected chi connectivity index (χ1v) is 17.8. The first-order valence-electron chi connectivity index (χ1n) is 17.8. The molecule has 2 aromatic heterocycles. The zero-order valence-electron chi connectivity index (χ0n) is 29.9. The monoisotopic (exact) mass is 749 g/mol. The molecule has 7 aromatic carbocycles. The van der Waals surface area contributed by atoms with Gasteiger partial charge in [-0.05, 0) is 91.7 Å². The van der Waals surface area contributed by atoms with Crippen LogP contribution in [0, 0.1) is 20.4 Å². The van der Waals surface area contributed by atoms with Crippen LogP contribution in [0.3, 0.4) is 0 Å². The van der Waals surface area contributed by atoms with Crippen molar-refractivity contribution < 1.29 is 26.3 Å². The molecule has 9 heteroatoms. The Balaban J connectivity index is 1.50. The van der Waals surface area contributed by atoms with Crippen molar-refractivity contribution in [1.29, 1.82) is 0 Å². The molecule has 9 rings (SSSR count). The maximum absolute atomic E-state index is 14.4. The van der Waals surface area contributed by atoms with Gasteiger partial charge >= 0.3 is 12.4 Å². The van der Waals surface area contributed by atoms with Crippen LogP contribution in [0.4, 0.5) is 32.0 Å². The summed E-state index contributed by atoms with van der Waals surface area (Å²) in [6.07, 6.45) is -10.1. The Bertz CT molecular complexity index is 3070. The van der Waals surface area contributed by atoms with Crippen LogP contribution in [0.1, 0.15) is 22.3 Å². The van der Waals surface area contributed by atoms with Gasteiger partial charge in [0.15, 0.2) is 5.69 Å². The van der Waals surface area contributed by atoms with E-state index in [0.717, 1.165) is 66.9 Å². The lowest BCUT2D eigenvalue weighted by Crippen LogP contribution is -2.11. The van der Waals surface area contributed by atoms with E-state index in [1.807, 2.05) is 108 Å². The number of halogens is 6. The number of para-hydroxylation sites is 2. The van der Waals surface area contributed by atoms with E-state index in [4.69, 9.17) is 6.57 Å². The van der Waals surface area contributed by atoms with E-state index in [1.165, 1.54) is 6.07 Å². The van der Waals surface area contributed by atoms with Gasteiger partial charge in [0.25, 0.3) is 0 Å². The molecule has 0 atom stereocenters. The average Bonchev–Trinajstić information content (AvgIpc) is 3.68. The molecule has 0 radical (unpaired) electrons. The van der Waals surface area contributed by atoms with Crippen LogP contribution in [-0.4, -0.2) is 9.13 Å². The van der Waals surface area contributed by atoms with Crippen molar-refractivity contribution in [3.8, 4) is 33.6 Å². The third kappa shape index (κ3) is 5.51. The summed E-state index contributed by atoms with van der Waals surface area (Å²) in [5, 5.41) is 3.74. The third-order valence-electron chi connectivity index (χ3n) is 10.5. The van der Waals surface area contributed by atoms with E-state index in [9.17, 15) is 26.3 Å². The van der Waals surface area contributed by atoms with Gasteiger partial charge in [0, 0.05) is 38.4 Å². The highest BCUT2D eigenvalue weighted by Crippen LogP contribution is 2.49. The highest BCUT2D eigenvalue weighted by molar-refractivity contribution is 6.13. The molecule has 9 aromatic rings. The Morgan fingerprint density at radius 3 is 1.43 bits per heavy atom. The van der Waals surface area contributed by atoms with Crippen LogP contribution in [-0.2, 0) is 12.4 Å². The summed E-state index contributed by atoms with van der Waals surface area (Å²) in [4.78, 5) is 3.97. The van der Waals surface area contributed by atoms with Gasteiger partial charge in [-0.1, -0.05) is 83.9 Å². The molecule has 3 nitrogen and oxygen atoms in total. The fourth-order valence-corrected chi connectivity index (χ4v) is 8.10. The summed E-state index contributed by atoms with van der Waals surface area (Å²) < 4.78 is 90.6. The van der Waals surface area contributed by atoms with E-state index in [-0.39, 0.29) is 22.9 Å².